The van der Waals surface area contributed by atoms with Crippen molar-refractivity contribution in [2.45, 2.75) is 58.4 Å². The lowest BCUT2D eigenvalue weighted by atomic mass is 9.88. The van der Waals surface area contributed by atoms with Crippen molar-refractivity contribution < 1.29 is 18.8 Å². The molecule has 1 atom stereocenters. The van der Waals surface area contributed by atoms with Crippen LogP contribution in [0.15, 0.2) is 18.2 Å². The number of carbonyl (C=O) groups is 3. The number of likely N-dealkylation sites (tertiary alicyclic amines) is 1. The molecule has 0 spiro atoms. The van der Waals surface area contributed by atoms with Gasteiger partial charge in [-0.2, -0.15) is 0 Å². The molecular formula is C21H28FN3O3. The molecular weight excluding hydrogens is 361 g/mol. The average molecular weight is 389 g/mol. The first kappa shape index (κ1) is 20.3. The molecule has 1 unspecified atom stereocenters. The van der Waals surface area contributed by atoms with Gasteiger partial charge in [0.2, 0.25) is 17.7 Å². The standard InChI is InChI=1S/C21H28FN3O3/c1-13(2)25-12-15(10-19(25)26)21(28)23-16-8-9-17(22)18(11-16)24-20(27)14-6-4-3-5-7-14/h8-9,11,13-15H,3-7,10,12H2,1-2H3,(H,23,28)(H,24,27). The molecule has 3 amide bonds. The number of nitrogens with one attached hydrogen (secondary N) is 2. The van der Waals surface area contributed by atoms with Crippen molar-refractivity contribution in [3.8, 4) is 0 Å². The molecule has 152 valence electrons. The van der Waals surface area contributed by atoms with E-state index in [4.69, 9.17) is 0 Å². The lowest BCUT2D eigenvalue weighted by molar-refractivity contribution is -0.129. The van der Waals surface area contributed by atoms with Gasteiger partial charge in [-0.05, 0) is 44.9 Å². The number of nitrogens with zero attached hydrogens (tertiary/aromatic N) is 1. The molecule has 0 bridgehead atoms. The maximum absolute atomic E-state index is 14.1. The van der Waals surface area contributed by atoms with Crippen LogP contribution in [0.5, 0.6) is 0 Å². The molecule has 6 nitrogen and oxygen atoms in total. The predicted molar refractivity (Wildman–Crippen MR) is 105 cm³/mol. The molecule has 0 radical (unpaired) electrons. The van der Waals surface area contributed by atoms with E-state index < -0.39 is 11.7 Å². The number of benzene rings is 1. The molecule has 7 heteroatoms. The van der Waals surface area contributed by atoms with E-state index in [1.54, 1.807) is 4.90 Å². The van der Waals surface area contributed by atoms with Crippen molar-refractivity contribution in [1.82, 2.24) is 4.90 Å². The highest BCUT2D eigenvalue weighted by molar-refractivity contribution is 5.98. The van der Waals surface area contributed by atoms with E-state index in [1.807, 2.05) is 13.8 Å². The second kappa shape index (κ2) is 8.71. The molecule has 3 rings (SSSR count). The molecule has 2 aliphatic rings. The van der Waals surface area contributed by atoms with E-state index in [1.165, 1.54) is 18.2 Å². The quantitative estimate of drug-likeness (QED) is 0.808. The summed E-state index contributed by atoms with van der Waals surface area (Å²) in [7, 11) is 0. The smallest absolute Gasteiger partial charge is 0.229 e. The molecule has 1 aliphatic carbocycles. The Morgan fingerprint density at radius 2 is 1.75 bits per heavy atom. The van der Waals surface area contributed by atoms with Crippen molar-refractivity contribution in [2.75, 3.05) is 17.2 Å². The molecule has 2 N–H and O–H groups in total. The van der Waals surface area contributed by atoms with Crippen LogP contribution >= 0.6 is 0 Å². The second-order valence-electron chi connectivity index (χ2n) is 8.05. The molecule has 2 fully saturated rings. The van der Waals surface area contributed by atoms with E-state index in [-0.39, 0.29) is 41.8 Å². The van der Waals surface area contributed by atoms with Gasteiger partial charge in [0.1, 0.15) is 5.82 Å². The van der Waals surface area contributed by atoms with Gasteiger partial charge >= 0.3 is 0 Å². The number of rotatable bonds is 5. The minimum Gasteiger partial charge on any atom is -0.339 e. The maximum Gasteiger partial charge on any atom is 0.229 e. The van der Waals surface area contributed by atoms with Gasteiger partial charge in [-0.3, -0.25) is 14.4 Å². The van der Waals surface area contributed by atoms with Crippen LogP contribution in [0.3, 0.4) is 0 Å². The Bertz CT molecular complexity index is 759. The van der Waals surface area contributed by atoms with Crippen LogP contribution in [-0.2, 0) is 14.4 Å². The highest BCUT2D eigenvalue weighted by Gasteiger charge is 2.35. The fourth-order valence-electron chi connectivity index (χ4n) is 3.95. The van der Waals surface area contributed by atoms with E-state index in [9.17, 15) is 18.8 Å². The molecule has 28 heavy (non-hydrogen) atoms. The zero-order valence-electron chi connectivity index (χ0n) is 16.5. The maximum atomic E-state index is 14.1. The number of hydrogen-bond acceptors (Lipinski definition) is 3. The third-order valence-electron chi connectivity index (χ3n) is 5.62. The van der Waals surface area contributed by atoms with Crippen molar-refractivity contribution in [2.24, 2.45) is 11.8 Å². The Morgan fingerprint density at radius 1 is 1.07 bits per heavy atom. The minimum atomic E-state index is -0.538. The minimum absolute atomic E-state index is 0.0327. The third-order valence-corrected chi connectivity index (χ3v) is 5.62. The van der Waals surface area contributed by atoms with Gasteiger partial charge in [0.15, 0.2) is 0 Å². The largest absolute Gasteiger partial charge is 0.339 e. The summed E-state index contributed by atoms with van der Waals surface area (Å²) in [6, 6.07) is 4.18. The number of anilines is 2. The first-order chi connectivity index (χ1) is 13.3. The second-order valence-corrected chi connectivity index (χ2v) is 8.05. The van der Waals surface area contributed by atoms with Crippen LogP contribution < -0.4 is 10.6 Å². The van der Waals surface area contributed by atoms with Crippen molar-refractivity contribution in [1.29, 1.82) is 0 Å². The predicted octanol–water partition coefficient (Wildman–Crippen LogP) is 3.54. The van der Waals surface area contributed by atoms with Gasteiger partial charge in [-0.15, -0.1) is 0 Å². The summed E-state index contributed by atoms with van der Waals surface area (Å²) < 4.78 is 14.1. The van der Waals surface area contributed by atoms with Crippen LogP contribution in [0.1, 0.15) is 52.4 Å². The fourth-order valence-corrected chi connectivity index (χ4v) is 3.95. The normalized spacial score (nSPS) is 20.5. The van der Waals surface area contributed by atoms with Crippen molar-refractivity contribution in [3.05, 3.63) is 24.0 Å². The molecule has 1 saturated carbocycles. The SMILES string of the molecule is CC(C)N1CC(C(=O)Nc2ccc(F)c(NC(=O)C3CCCCC3)c2)CC1=O. The van der Waals surface area contributed by atoms with Crippen LogP contribution in [0.2, 0.25) is 0 Å². The Balaban J connectivity index is 1.63. The van der Waals surface area contributed by atoms with Crippen molar-refractivity contribution in [3.63, 3.8) is 0 Å². The van der Waals surface area contributed by atoms with E-state index in [2.05, 4.69) is 10.6 Å². The van der Waals surface area contributed by atoms with Crippen molar-refractivity contribution >= 4 is 29.1 Å². The van der Waals surface area contributed by atoms with Crippen LogP contribution in [-0.4, -0.2) is 35.2 Å². The summed E-state index contributed by atoms with van der Waals surface area (Å²) >= 11 is 0. The molecule has 1 aromatic carbocycles. The van der Waals surface area contributed by atoms with Crippen LogP contribution in [0.25, 0.3) is 0 Å². The highest BCUT2D eigenvalue weighted by Crippen LogP contribution is 2.27. The molecule has 1 saturated heterocycles. The lowest BCUT2D eigenvalue weighted by Gasteiger charge is -2.21. The Morgan fingerprint density at radius 3 is 2.39 bits per heavy atom. The molecule has 1 heterocycles. The first-order valence-corrected chi connectivity index (χ1v) is 10.1. The zero-order valence-corrected chi connectivity index (χ0v) is 16.5. The van der Waals surface area contributed by atoms with Crippen LogP contribution in [0.4, 0.5) is 15.8 Å². The summed E-state index contributed by atoms with van der Waals surface area (Å²) in [5.74, 6) is -1.53. The molecule has 1 aromatic rings. The summed E-state index contributed by atoms with van der Waals surface area (Å²) in [5.41, 5.74) is 0.473. The van der Waals surface area contributed by atoms with Crippen LogP contribution in [0, 0.1) is 17.7 Å². The first-order valence-electron chi connectivity index (χ1n) is 10.1. The summed E-state index contributed by atoms with van der Waals surface area (Å²) in [4.78, 5) is 38.6. The number of carbonyl (C=O) groups excluding carboxylic acids is 3. The average Bonchev–Trinajstić information content (AvgIpc) is 3.07. The monoisotopic (exact) mass is 389 g/mol. The van der Waals surface area contributed by atoms with Gasteiger partial charge in [0.05, 0.1) is 11.6 Å². The summed E-state index contributed by atoms with van der Waals surface area (Å²) in [6.07, 6.45) is 5.00. The Kier molecular flexibility index (Phi) is 6.31. The van der Waals surface area contributed by atoms with Gasteiger partial charge in [-0.25, -0.2) is 4.39 Å². The zero-order chi connectivity index (χ0) is 20.3. The van der Waals surface area contributed by atoms with Gasteiger partial charge in [-0.1, -0.05) is 19.3 Å². The summed E-state index contributed by atoms with van der Waals surface area (Å²) in [6.45, 7) is 4.22. The third kappa shape index (κ3) is 4.69. The number of halogens is 1. The topological polar surface area (TPSA) is 78.5 Å². The van der Waals surface area contributed by atoms with E-state index >= 15 is 0 Å². The number of amides is 3. The number of hydrogen-bond donors (Lipinski definition) is 2. The fraction of sp³-hybridized carbons (Fsp3) is 0.571. The molecule has 1 aliphatic heterocycles. The summed E-state index contributed by atoms with van der Waals surface area (Å²) in [5, 5.41) is 5.41. The van der Waals surface area contributed by atoms with E-state index in [0.29, 0.717) is 12.2 Å². The van der Waals surface area contributed by atoms with Gasteiger partial charge < -0.3 is 15.5 Å². The molecule has 0 aromatic heterocycles. The highest BCUT2D eigenvalue weighted by atomic mass is 19.1. The Hall–Kier alpha value is -2.44. The lowest BCUT2D eigenvalue weighted by Crippen LogP contribution is -2.33. The van der Waals surface area contributed by atoms with Gasteiger partial charge in [0.25, 0.3) is 0 Å². The van der Waals surface area contributed by atoms with E-state index in [0.717, 1.165) is 32.1 Å². The Labute approximate surface area is 164 Å². The van der Waals surface area contributed by atoms with Gasteiger partial charge in [0, 0.05) is 30.6 Å².